The van der Waals surface area contributed by atoms with Crippen LogP contribution in [0, 0.1) is 11.3 Å². The largest absolute Gasteiger partial charge is 0.330 e. The standard InChI is InChI=1S/C9H21N/c1-5-8(3)9(4,6-2)7-10/h8H,5-7,10H2,1-4H3/t8?,9-/m0/s1. The van der Waals surface area contributed by atoms with Crippen molar-refractivity contribution in [1.82, 2.24) is 0 Å². The molecule has 1 heteroatoms. The third kappa shape index (κ3) is 1.98. The average Bonchev–Trinajstić information content (AvgIpc) is 2.01. The van der Waals surface area contributed by atoms with Crippen molar-refractivity contribution in [1.29, 1.82) is 0 Å². The van der Waals surface area contributed by atoms with Crippen LogP contribution in [0.1, 0.15) is 40.5 Å². The Morgan fingerprint density at radius 3 is 2.00 bits per heavy atom. The molecule has 2 N–H and O–H groups in total. The molecule has 1 unspecified atom stereocenters. The SMILES string of the molecule is CCC(C)[C@@](C)(CC)CN. The van der Waals surface area contributed by atoms with E-state index in [0.717, 1.165) is 12.5 Å². The Balaban J connectivity index is 4.02. The van der Waals surface area contributed by atoms with Crippen molar-refractivity contribution in [2.75, 3.05) is 6.54 Å². The summed E-state index contributed by atoms with van der Waals surface area (Å²) in [6.45, 7) is 9.84. The van der Waals surface area contributed by atoms with E-state index in [0.29, 0.717) is 5.41 Å². The van der Waals surface area contributed by atoms with Gasteiger partial charge < -0.3 is 5.73 Å². The van der Waals surface area contributed by atoms with Gasteiger partial charge in [-0.05, 0) is 24.3 Å². The van der Waals surface area contributed by atoms with E-state index >= 15 is 0 Å². The second kappa shape index (κ2) is 3.97. The highest BCUT2D eigenvalue weighted by Crippen LogP contribution is 2.31. The first-order valence-corrected chi connectivity index (χ1v) is 4.30. The number of rotatable bonds is 4. The van der Waals surface area contributed by atoms with Gasteiger partial charge in [0, 0.05) is 0 Å². The molecule has 0 bridgehead atoms. The number of hydrogen-bond acceptors (Lipinski definition) is 1. The van der Waals surface area contributed by atoms with Crippen LogP contribution in [0.3, 0.4) is 0 Å². The lowest BCUT2D eigenvalue weighted by atomic mass is 9.75. The summed E-state index contributed by atoms with van der Waals surface area (Å²) < 4.78 is 0. The molecule has 0 radical (unpaired) electrons. The predicted octanol–water partition coefficient (Wildman–Crippen LogP) is 2.41. The van der Waals surface area contributed by atoms with Crippen LogP contribution in [0.25, 0.3) is 0 Å². The van der Waals surface area contributed by atoms with Gasteiger partial charge in [0.1, 0.15) is 0 Å². The van der Waals surface area contributed by atoms with Crippen LogP contribution < -0.4 is 5.73 Å². The molecule has 0 saturated heterocycles. The predicted molar refractivity (Wildman–Crippen MR) is 46.9 cm³/mol. The molecule has 0 amide bonds. The summed E-state index contributed by atoms with van der Waals surface area (Å²) in [5.74, 6) is 0.752. The zero-order valence-electron chi connectivity index (χ0n) is 7.78. The minimum Gasteiger partial charge on any atom is -0.330 e. The maximum Gasteiger partial charge on any atom is -0.00207 e. The maximum absolute atomic E-state index is 5.69. The van der Waals surface area contributed by atoms with Crippen molar-refractivity contribution >= 4 is 0 Å². The Morgan fingerprint density at radius 1 is 1.40 bits per heavy atom. The Kier molecular flexibility index (Phi) is 3.95. The smallest absolute Gasteiger partial charge is 0.00207 e. The van der Waals surface area contributed by atoms with Gasteiger partial charge in [0.05, 0.1) is 0 Å². The number of hydrogen-bond donors (Lipinski definition) is 1. The van der Waals surface area contributed by atoms with Crippen molar-refractivity contribution in [3.05, 3.63) is 0 Å². The Hall–Kier alpha value is -0.0400. The van der Waals surface area contributed by atoms with Crippen LogP contribution in [0.2, 0.25) is 0 Å². The molecule has 0 heterocycles. The first kappa shape index (κ1) is 9.96. The lowest BCUT2D eigenvalue weighted by molar-refractivity contribution is 0.197. The first-order valence-electron chi connectivity index (χ1n) is 4.30. The summed E-state index contributed by atoms with van der Waals surface area (Å²) in [5, 5.41) is 0. The van der Waals surface area contributed by atoms with Gasteiger partial charge in [-0.3, -0.25) is 0 Å². The quantitative estimate of drug-likeness (QED) is 0.642. The highest BCUT2D eigenvalue weighted by atomic mass is 14.6. The summed E-state index contributed by atoms with van der Waals surface area (Å²) in [5.41, 5.74) is 6.06. The molecule has 0 fully saturated rings. The van der Waals surface area contributed by atoms with Crippen molar-refractivity contribution in [2.45, 2.75) is 40.5 Å². The molecule has 0 aliphatic heterocycles. The van der Waals surface area contributed by atoms with Crippen LogP contribution in [-0.2, 0) is 0 Å². The molecule has 0 aliphatic carbocycles. The Morgan fingerprint density at radius 2 is 1.90 bits per heavy atom. The summed E-state index contributed by atoms with van der Waals surface area (Å²) in [4.78, 5) is 0. The van der Waals surface area contributed by atoms with Gasteiger partial charge in [0.2, 0.25) is 0 Å². The van der Waals surface area contributed by atoms with Gasteiger partial charge in [-0.2, -0.15) is 0 Å². The molecule has 0 rings (SSSR count). The molecule has 0 aliphatic rings. The minimum absolute atomic E-state index is 0.370. The summed E-state index contributed by atoms with van der Waals surface area (Å²) in [6, 6.07) is 0. The van der Waals surface area contributed by atoms with Crippen molar-refractivity contribution in [3.8, 4) is 0 Å². The van der Waals surface area contributed by atoms with Gasteiger partial charge in [-0.25, -0.2) is 0 Å². The molecule has 0 saturated carbocycles. The topological polar surface area (TPSA) is 26.0 Å². The lowest BCUT2D eigenvalue weighted by Gasteiger charge is -2.32. The van der Waals surface area contributed by atoms with E-state index in [1.54, 1.807) is 0 Å². The first-order chi connectivity index (χ1) is 4.60. The Bertz CT molecular complexity index is 84.7. The van der Waals surface area contributed by atoms with Crippen LogP contribution in [-0.4, -0.2) is 6.54 Å². The average molecular weight is 143 g/mol. The van der Waals surface area contributed by atoms with E-state index in [2.05, 4.69) is 27.7 Å². The second-order valence-electron chi connectivity index (χ2n) is 3.52. The van der Waals surface area contributed by atoms with Crippen molar-refractivity contribution in [2.24, 2.45) is 17.1 Å². The Labute approximate surface area is 65.0 Å². The molecule has 0 aromatic rings. The fraction of sp³-hybridized carbons (Fsp3) is 1.00. The fourth-order valence-electron chi connectivity index (χ4n) is 1.19. The molecule has 0 spiro atoms. The number of nitrogens with two attached hydrogens (primary N) is 1. The van der Waals surface area contributed by atoms with Crippen molar-refractivity contribution < 1.29 is 0 Å². The van der Waals surface area contributed by atoms with Crippen LogP contribution in [0.4, 0.5) is 0 Å². The minimum atomic E-state index is 0.370. The summed E-state index contributed by atoms with van der Waals surface area (Å²) in [6.07, 6.45) is 2.43. The molecular weight excluding hydrogens is 122 g/mol. The van der Waals surface area contributed by atoms with Crippen LogP contribution >= 0.6 is 0 Å². The fourth-order valence-corrected chi connectivity index (χ4v) is 1.19. The maximum atomic E-state index is 5.69. The van der Waals surface area contributed by atoms with E-state index in [4.69, 9.17) is 5.73 Å². The van der Waals surface area contributed by atoms with Gasteiger partial charge in [0.15, 0.2) is 0 Å². The van der Waals surface area contributed by atoms with Gasteiger partial charge >= 0.3 is 0 Å². The molecular formula is C9H21N. The monoisotopic (exact) mass is 143 g/mol. The van der Waals surface area contributed by atoms with E-state index < -0.39 is 0 Å². The molecule has 10 heavy (non-hydrogen) atoms. The second-order valence-corrected chi connectivity index (χ2v) is 3.52. The molecule has 0 aromatic heterocycles. The molecule has 62 valence electrons. The van der Waals surface area contributed by atoms with Crippen molar-refractivity contribution in [3.63, 3.8) is 0 Å². The molecule has 2 atom stereocenters. The van der Waals surface area contributed by atoms with E-state index in [1.165, 1.54) is 12.8 Å². The lowest BCUT2D eigenvalue weighted by Crippen LogP contribution is -2.32. The van der Waals surface area contributed by atoms with Crippen LogP contribution in [0.5, 0.6) is 0 Å². The third-order valence-electron chi connectivity index (χ3n) is 3.08. The summed E-state index contributed by atoms with van der Waals surface area (Å²) in [7, 11) is 0. The van der Waals surface area contributed by atoms with Gasteiger partial charge in [-0.15, -0.1) is 0 Å². The van der Waals surface area contributed by atoms with Crippen LogP contribution in [0.15, 0.2) is 0 Å². The molecule has 1 nitrogen and oxygen atoms in total. The summed E-state index contributed by atoms with van der Waals surface area (Å²) >= 11 is 0. The third-order valence-corrected chi connectivity index (χ3v) is 3.08. The zero-order chi connectivity index (χ0) is 8.20. The highest BCUT2D eigenvalue weighted by Gasteiger charge is 2.25. The highest BCUT2D eigenvalue weighted by molar-refractivity contribution is 4.78. The van der Waals surface area contributed by atoms with Gasteiger partial charge in [0.25, 0.3) is 0 Å². The zero-order valence-corrected chi connectivity index (χ0v) is 7.78. The molecule has 0 aromatic carbocycles. The normalized spacial score (nSPS) is 20.1. The van der Waals surface area contributed by atoms with E-state index in [1.807, 2.05) is 0 Å². The van der Waals surface area contributed by atoms with E-state index in [-0.39, 0.29) is 0 Å². The van der Waals surface area contributed by atoms with E-state index in [9.17, 15) is 0 Å². The van der Waals surface area contributed by atoms with Gasteiger partial charge in [-0.1, -0.05) is 34.1 Å².